The molecule has 1 fully saturated rings. The minimum Gasteiger partial charge on any atom is -0.309 e. The molecule has 2 heterocycles. The van der Waals surface area contributed by atoms with Crippen LogP contribution in [-0.4, -0.2) is 37.8 Å². The van der Waals surface area contributed by atoms with Crippen molar-refractivity contribution in [2.24, 2.45) is 5.92 Å². The van der Waals surface area contributed by atoms with Crippen LogP contribution < -0.4 is 4.90 Å². The summed E-state index contributed by atoms with van der Waals surface area (Å²) < 4.78 is 27.2. The zero-order chi connectivity index (χ0) is 21.5. The minimum absolute atomic E-state index is 0.106. The van der Waals surface area contributed by atoms with Gasteiger partial charge in [0.2, 0.25) is 15.9 Å². The monoisotopic (exact) mass is 466 g/mol. The third-order valence-corrected chi connectivity index (χ3v) is 8.56. The van der Waals surface area contributed by atoms with Crippen LogP contribution in [0.15, 0.2) is 42.5 Å². The highest BCUT2D eigenvalue weighted by Crippen LogP contribution is 2.35. The molecule has 0 spiro atoms. The van der Waals surface area contributed by atoms with Gasteiger partial charge in [-0.15, -0.1) is 0 Å². The van der Waals surface area contributed by atoms with E-state index in [0.717, 1.165) is 12.1 Å². The van der Waals surface area contributed by atoms with Gasteiger partial charge in [0, 0.05) is 30.7 Å². The van der Waals surface area contributed by atoms with Crippen LogP contribution >= 0.6 is 23.2 Å². The summed E-state index contributed by atoms with van der Waals surface area (Å²) in [6, 6.07) is 13.0. The molecule has 2 aliphatic rings. The molecule has 2 aliphatic heterocycles. The number of nitrogens with zero attached hydrogens (tertiary/aromatic N) is 2. The number of benzene rings is 2. The molecule has 0 radical (unpaired) electrons. The van der Waals surface area contributed by atoms with Gasteiger partial charge in [-0.2, -0.15) is 0 Å². The molecular weight excluding hydrogens is 443 g/mol. The summed E-state index contributed by atoms with van der Waals surface area (Å²) in [6.45, 7) is 2.77. The van der Waals surface area contributed by atoms with E-state index in [1.165, 1.54) is 9.87 Å². The van der Waals surface area contributed by atoms with E-state index in [4.69, 9.17) is 23.2 Å². The molecule has 1 amide bonds. The highest BCUT2D eigenvalue weighted by atomic mass is 35.5. The summed E-state index contributed by atoms with van der Waals surface area (Å²) in [5.74, 6) is -0.178. The van der Waals surface area contributed by atoms with Crippen molar-refractivity contribution in [3.63, 3.8) is 0 Å². The van der Waals surface area contributed by atoms with Gasteiger partial charge in [-0.05, 0) is 55.5 Å². The topological polar surface area (TPSA) is 57.7 Å². The van der Waals surface area contributed by atoms with E-state index in [-0.39, 0.29) is 23.6 Å². The molecule has 2 aromatic rings. The molecule has 160 valence electrons. The van der Waals surface area contributed by atoms with Crippen LogP contribution in [0.2, 0.25) is 10.0 Å². The lowest BCUT2D eigenvalue weighted by atomic mass is 9.96. The average molecular weight is 467 g/mol. The van der Waals surface area contributed by atoms with Crippen molar-refractivity contribution in [1.29, 1.82) is 0 Å². The van der Waals surface area contributed by atoms with Crippen molar-refractivity contribution in [3.05, 3.63) is 63.6 Å². The Morgan fingerprint density at radius 2 is 1.77 bits per heavy atom. The molecule has 0 bridgehead atoms. The predicted octanol–water partition coefficient (Wildman–Crippen LogP) is 4.51. The quantitative estimate of drug-likeness (QED) is 0.665. The van der Waals surface area contributed by atoms with Crippen molar-refractivity contribution in [2.45, 2.75) is 38.0 Å². The van der Waals surface area contributed by atoms with Gasteiger partial charge in [0.25, 0.3) is 0 Å². The second-order valence-corrected chi connectivity index (χ2v) is 10.9. The fourth-order valence-corrected chi connectivity index (χ4v) is 6.28. The van der Waals surface area contributed by atoms with Crippen LogP contribution in [-0.2, 0) is 27.0 Å². The molecule has 1 atom stereocenters. The van der Waals surface area contributed by atoms with E-state index in [1.807, 2.05) is 23.1 Å². The Kier molecular flexibility index (Phi) is 6.13. The van der Waals surface area contributed by atoms with E-state index in [2.05, 4.69) is 13.0 Å². The molecule has 30 heavy (non-hydrogen) atoms. The smallest absolute Gasteiger partial charge is 0.230 e. The van der Waals surface area contributed by atoms with Crippen LogP contribution in [0.25, 0.3) is 0 Å². The number of rotatable bonds is 4. The molecule has 5 nitrogen and oxygen atoms in total. The summed E-state index contributed by atoms with van der Waals surface area (Å²) in [7, 11) is -3.49. The first-order valence-electron chi connectivity index (χ1n) is 10.1. The van der Waals surface area contributed by atoms with Gasteiger partial charge in [0.05, 0.1) is 15.8 Å². The molecular formula is C22H24Cl2N2O3S. The van der Waals surface area contributed by atoms with Crippen LogP contribution in [0.5, 0.6) is 0 Å². The molecule has 0 aliphatic carbocycles. The largest absolute Gasteiger partial charge is 0.309 e. The highest BCUT2D eigenvalue weighted by Gasteiger charge is 2.37. The van der Waals surface area contributed by atoms with Crippen LogP contribution in [0.3, 0.4) is 0 Å². The second kappa shape index (κ2) is 8.50. The number of anilines is 1. The molecule has 2 aromatic carbocycles. The SMILES string of the molecule is C[C@@H]1Cc2ccccc2N1C(=O)C1CCN(S(=O)(=O)Cc2ccc(Cl)c(Cl)c2)CC1. The normalized spacial score (nSPS) is 20.4. The first-order valence-corrected chi connectivity index (χ1v) is 12.5. The maximum Gasteiger partial charge on any atom is 0.230 e. The summed E-state index contributed by atoms with van der Waals surface area (Å²) in [6.07, 6.45) is 1.93. The Morgan fingerprint density at radius 3 is 2.47 bits per heavy atom. The maximum atomic E-state index is 13.2. The fourth-order valence-electron chi connectivity index (χ4n) is 4.41. The van der Waals surface area contributed by atoms with Crippen LogP contribution in [0, 0.1) is 5.92 Å². The number of sulfonamides is 1. The Morgan fingerprint density at radius 1 is 1.07 bits per heavy atom. The first kappa shape index (κ1) is 21.6. The number of carbonyl (C=O) groups excluding carboxylic acids is 1. The highest BCUT2D eigenvalue weighted by molar-refractivity contribution is 7.88. The van der Waals surface area contributed by atoms with Gasteiger partial charge in [0.1, 0.15) is 0 Å². The van der Waals surface area contributed by atoms with Gasteiger partial charge in [-0.1, -0.05) is 47.5 Å². The van der Waals surface area contributed by atoms with E-state index in [1.54, 1.807) is 18.2 Å². The van der Waals surface area contributed by atoms with E-state index in [0.29, 0.717) is 41.5 Å². The first-order chi connectivity index (χ1) is 14.3. The molecule has 1 saturated heterocycles. The summed E-state index contributed by atoms with van der Waals surface area (Å²) in [4.78, 5) is 15.1. The van der Waals surface area contributed by atoms with Crippen LogP contribution in [0.1, 0.15) is 30.9 Å². The lowest BCUT2D eigenvalue weighted by Crippen LogP contribution is -2.46. The zero-order valence-corrected chi connectivity index (χ0v) is 19.1. The number of amides is 1. The standard InChI is InChI=1S/C22H24Cl2N2O3S/c1-15-12-18-4-2-3-5-21(18)26(15)22(27)17-8-10-25(11-9-17)30(28,29)14-16-6-7-19(23)20(24)13-16/h2-7,13,15,17H,8-12,14H2,1H3/t15-/m1/s1. The number of piperidine rings is 1. The zero-order valence-electron chi connectivity index (χ0n) is 16.7. The van der Waals surface area contributed by atoms with E-state index in [9.17, 15) is 13.2 Å². The molecule has 0 unspecified atom stereocenters. The summed E-state index contributed by atoms with van der Waals surface area (Å²) >= 11 is 11.9. The number of hydrogen-bond donors (Lipinski definition) is 0. The Hall–Kier alpha value is -1.60. The van der Waals surface area contributed by atoms with Crippen molar-refractivity contribution in [2.75, 3.05) is 18.0 Å². The van der Waals surface area contributed by atoms with Gasteiger partial charge in [-0.25, -0.2) is 12.7 Å². The number of halogens is 2. The van der Waals surface area contributed by atoms with Crippen LogP contribution in [0.4, 0.5) is 5.69 Å². The van der Waals surface area contributed by atoms with Gasteiger partial charge in [0.15, 0.2) is 0 Å². The van der Waals surface area contributed by atoms with Crippen molar-refractivity contribution < 1.29 is 13.2 Å². The maximum absolute atomic E-state index is 13.2. The molecule has 4 rings (SSSR count). The van der Waals surface area contributed by atoms with Gasteiger partial charge < -0.3 is 4.90 Å². The van der Waals surface area contributed by atoms with Gasteiger partial charge in [-0.3, -0.25) is 4.79 Å². The molecule has 0 saturated carbocycles. The average Bonchev–Trinajstić information content (AvgIpc) is 3.06. The number of fused-ring (bicyclic) bond motifs is 1. The predicted molar refractivity (Wildman–Crippen MR) is 120 cm³/mol. The lowest BCUT2D eigenvalue weighted by molar-refractivity contribution is -0.123. The second-order valence-electron chi connectivity index (χ2n) is 8.07. The number of carbonyl (C=O) groups is 1. The third-order valence-electron chi connectivity index (χ3n) is 5.97. The Balaban J connectivity index is 1.41. The summed E-state index contributed by atoms with van der Waals surface area (Å²) in [5, 5.41) is 0.739. The Bertz CT molecular complexity index is 1070. The molecule has 0 N–H and O–H groups in total. The molecule has 0 aromatic heterocycles. The van der Waals surface area contributed by atoms with Gasteiger partial charge >= 0.3 is 0 Å². The number of hydrogen-bond acceptors (Lipinski definition) is 3. The third kappa shape index (κ3) is 4.24. The Labute approximate surface area is 187 Å². The van der Waals surface area contributed by atoms with E-state index < -0.39 is 10.0 Å². The molecule has 8 heteroatoms. The minimum atomic E-state index is -3.49. The van der Waals surface area contributed by atoms with E-state index >= 15 is 0 Å². The fraction of sp³-hybridized carbons (Fsp3) is 0.409. The summed E-state index contributed by atoms with van der Waals surface area (Å²) in [5.41, 5.74) is 2.79. The van der Waals surface area contributed by atoms with Crippen molar-refractivity contribution in [3.8, 4) is 0 Å². The van der Waals surface area contributed by atoms with Crippen molar-refractivity contribution >= 4 is 44.8 Å². The lowest BCUT2D eigenvalue weighted by Gasteiger charge is -2.34. The number of para-hydroxylation sites is 1. The van der Waals surface area contributed by atoms with Crippen molar-refractivity contribution in [1.82, 2.24) is 4.31 Å².